The van der Waals surface area contributed by atoms with E-state index >= 15 is 0 Å². The maximum Gasteiger partial charge on any atom is 0.190 e. The zero-order valence-electron chi connectivity index (χ0n) is 15.2. The van der Waals surface area contributed by atoms with Gasteiger partial charge in [0.25, 0.3) is 0 Å². The summed E-state index contributed by atoms with van der Waals surface area (Å²) in [6, 6.07) is 0. The van der Waals surface area contributed by atoms with E-state index in [0.29, 0.717) is 25.2 Å². The van der Waals surface area contributed by atoms with E-state index in [9.17, 15) is 19.8 Å². The molecule has 2 saturated carbocycles. The normalized spacial score (nSPS) is 45.8. The minimum atomic E-state index is -1.41. The van der Waals surface area contributed by atoms with Gasteiger partial charge in [0.05, 0.1) is 0 Å². The smallest absolute Gasteiger partial charge is 0.190 e. The van der Waals surface area contributed by atoms with Crippen molar-refractivity contribution in [3.8, 4) is 0 Å². The summed E-state index contributed by atoms with van der Waals surface area (Å²) in [6.45, 7) is 3.71. The van der Waals surface area contributed by atoms with E-state index in [1.807, 2.05) is 13.0 Å². The van der Waals surface area contributed by atoms with Gasteiger partial charge in [0.1, 0.15) is 12.2 Å². The first-order valence-corrected chi connectivity index (χ1v) is 9.57. The molecule has 0 aromatic carbocycles. The van der Waals surface area contributed by atoms with E-state index in [-0.39, 0.29) is 17.1 Å². The number of Topliss-reactive ketones (excluding diaryl/α,β-unsaturated/α-hetero) is 1. The van der Waals surface area contributed by atoms with Crippen LogP contribution in [0.5, 0.6) is 0 Å². The van der Waals surface area contributed by atoms with Crippen LogP contribution in [-0.2, 0) is 9.59 Å². The number of aliphatic hydroxyl groups excluding tert-OH is 1. The van der Waals surface area contributed by atoms with Crippen molar-refractivity contribution in [2.75, 3.05) is 6.61 Å². The van der Waals surface area contributed by atoms with Crippen LogP contribution in [0.2, 0.25) is 0 Å². The van der Waals surface area contributed by atoms with Crippen molar-refractivity contribution in [3.05, 3.63) is 23.3 Å². The van der Waals surface area contributed by atoms with Crippen LogP contribution in [-0.4, -0.2) is 34.0 Å². The first-order chi connectivity index (χ1) is 11.8. The summed E-state index contributed by atoms with van der Waals surface area (Å²) in [4.78, 5) is 24.2. The van der Waals surface area contributed by atoms with Gasteiger partial charge in [-0.2, -0.15) is 0 Å². The van der Waals surface area contributed by atoms with E-state index in [2.05, 4.69) is 13.0 Å². The van der Waals surface area contributed by atoms with Crippen LogP contribution in [0.1, 0.15) is 58.8 Å². The first kappa shape index (κ1) is 17.2. The Hall–Kier alpha value is -1.26. The lowest BCUT2D eigenvalue weighted by Crippen LogP contribution is -2.55. The molecule has 2 fully saturated rings. The van der Waals surface area contributed by atoms with Gasteiger partial charge in [0.2, 0.25) is 0 Å². The molecule has 4 aliphatic carbocycles. The summed E-state index contributed by atoms with van der Waals surface area (Å²) in [5.41, 5.74) is 0.770. The van der Waals surface area contributed by atoms with Gasteiger partial charge in [-0.25, -0.2) is 0 Å². The molecule has 0 spiro atoms. The van der Waals surface area contributed by atoms with E-state index in [0.717, 1.165) is 25.7 Å². The molecule has 2 N–H and O–H groups in total. The zero-order valence-corrected chi connectivity index (χ0v) is 15.2. The number of hydrogen-bond donors (Lipinski definition) is 2. The van der Waals surface area contributed by atoms with Gasteiger partial charge >= 0.3 is 0 Å². The van der Waals surface area contributed by atoms with Gasteiger partial charge in [0.15, 0.2) is 11.6 Å². The predicted octanol–water partition coefficient (Wildman–Crippen LogP) is 2.73. The number of aliphatic hydroxyl groups is 2. The van der Waals surface area contributed by atoms with Crippen LogP contribution < -0.4 is 0 Å². The van der Waals surface area contributed by atoms with Crippen molar-refractivity contribution in [2.24, 2.45) is 22.7 Å². The second-order valence-electron chi connectivity index (χ2n) is 8.98. The number of hydrogen-bond acceptors (Lipinski definition) is 4. The molecule has 0 amide bonds. The van der Waals surface area contributed by atoms with E-state index < -0.39 is 23.4 Å². The summed E-state index contributed by atoms with van der Waals surface area (Å²) in [6.07, 6.45) is 9.48. The number of carbonyl (C=O) groups is 2. The Kier molecular flexibility index (Phi) is 3.69. The Bertz CT molecular complexity index is 705. The first-order valence-electron chi connectivity index (χ1n) is 9.57. The highest BCUT2D eigenvalue weighted by Gasteiger charge is 2.64. The third kappa shape index (κ3) is 2.07. The molecule has 0 aromatic rings. The average molecular weight is 344 g/mol. The van der Waals surface area contributed by atoms with E-state index in [4.69, 9.17) is 0 Å². The van der Waals surface area contributed by atoms with Crippen LogP contribution in [0, 0.1) is 22.7 Å². The van der Waals surface area contributed by atoms with Crippen molar-refractivity contribution in [1.82, 2.24) is 0 Å². The lowest BCUT2D eigenvalue weighted by Gasteiger charge is -2.54. The third-order valence-corrected chi connectivity index (χ3v) is 8.09. The number of allylic oxidation sites excluding steroid dienone is 4. The van der Waals surface area contributed by atoms with Crippen molar-refractivity contribution in [1.29, 1.82) is 0 Å². The number of fused-ring (bicyclic) bond motifs is 5. The minimum absolute atomic E-state index is 0.0279. The highest BCUT2D eigenvalue weighted by Crippen LogP contribution is 2.65. The highest BCUT2D eigenvalue weighted by atomic mass is 16.3. The molecular formula is C21H28O4. The van der Waals surface area contributed by atoms with Crippen molar-refractivity contribution in [3.63, 3.8) is 0 Å². The third-order valence-electron chi connectivity index (χ3n) is 8.09. The lowest BCUT2D eigenvalue weighted by atomic mass is 9.50. The molecule has 0 aromatic heterocycles. The monoisotopic (exact) mass is 344 g/mol. The summed E-state index contributed by atoms with van der Waals surface area (Å²) >= 11 is 0. The summed E-state index contributed by atoms with van der Waals surface area (Å²) in [5.74, 6) is 0.454. The predicted molar refractivity (Wildman–Crippen MR) is 93.7 cm³/mol. The molecule has 0 radical (unpaired) electrons. The fourth-order valence-electron chi connectivity index (χ4n) is 6.46. The SMILES string of the molecule is CC12CCC(=O)C=C1CCC1C2=CCC2(C)C1CCC2(O)C(=O)CO. The fraction of sp³-hybridized carbons (Fsp3) is 0.714. The number of rotatable bonds is 2. The molecule has 136 valence electrons. The van der Waals surface area contributed by atoms with E-state index in [1.165, 1.54) is 11.1 Å². The van der Waals surface area contributed by atoms with Gasteiger partial charge in [-0.1, -0.05) is 31.1 Å². The molecule has 0 saturated heterocycles. The molecule has 4 nitrogen and oxygen atoms in total. The van der Waals surface area contributed by atoms with Gasteiger partial charge in [0, 0.05) is 17.3 Å². The highest BCUT2D eigenvalue weighted by molar-refractivity contribution is 5.92. The van der Waals surface area contributed by atoms with Crippen LogP contribution >= 0.6 is 0 Å². The van der Waals surface area contributed by atoms with Crippen LogP contribution in [0.4, 0.5) is 0 Å². The Balaban J connectivity index is 1.75. The van der Waals surface area contributed by atoms with Crippen molar-refractivity contribution < 1.29 is 19.8 Å². The molecule has 0 heterocycles. The van der Waals surface area contributed by atoms with Crippen LogP contribution in [0.3, 0.4) is 0 Å². The van der Waals surface area contributed by atoms with E-state index in [1.54, 1.807) is 0 Å². The van der Waals surface area contributed by atoms with Crippen LogP contribution in [0.15, 0.2) is 23.3 Å². The van der Waals surface area contributed by atoms with Crippen LogP contribution in [0.25, 0.3) is 0 Å². The summed E-state index contributed by atoms with van der Waals surface area (Å²) in [7, 11) is 0. The Morgan fingerprint density at radius 1 is 1.24 bits per heavy atom. The molecule has 0 aliphatic heterocycles. The quantitative estimate of drug-likeness (QED) is 0.756. The van der Waals surface area contributed by atoms with Gasteiger partial charge in [-0.3, -0.25) is 9.59 Å². The molecule has 5 unspecified atom stereocenters. The second kappa shape index (κ2) is 5.37. The minimum Gasteiger partial charge on any atom is -0.388 e. The molecule has 4 heteroatoms. The molecular weight excluding hydrogens is 316 g/mol. The maximum absolute atomic E-state index is 12.3. The standard InChI is InChI=1S/C21H28O4/c1-19-8-5-14(23)11-13(19)3-4-15-16(19)6-9-20(2)17(15)7-10-21(20,25)18(24)12-22/h6,11,15,17,22,25H,3-5,7-10,12H2,1-2H3. The fourth-order valence-corrected chi connectivity index (χ4v) is 6.46. The number of ketones is 2. The largest absolute Gasteiger partial charge is 0.388 e. The molecule has 25 heavy (non-hydrogen) atoms. The Labute approximate surface area is 149 Å². The summed E-state index contributed by atoms with van der Waals surface area (Å²) in [5, 5.41) is 20.5. The van der Waals surface area contributed by atoms with Crippen molar-refractivity contribution in [2.45, 2.75) is 64.4 Å². The average Bonchev–Trinajstić information content (AvgIpc) is 2.87. The molecule has 5 atom stereocenters. The zero-order chi connectivity index (χ0) is 18.0. The topological polar surface area (TPSA) is 74.6 Å². The molecule has 4 aliphatic rings. The summed E-state index contributed by atoms with van der Waals surface area (Å²) < 4.78 is 0. The van der Waals surface area contributed by atoms with Gasteiger partial charge < -0.3 is 10.2 Å². The lowest BCUT2D eigenvalue weighted by molar-refractivity contribution is -0.155. The van der Waals surface area contributed by atoms with Gasteiger partial charge in [-0.05, 0) is 56.4 Å². The molecule has 0 bridgehead atoms. The van der Waals surface area contributed by atoms with Crippen molar-refractivity contribution >= 4 is 11.6 Å². The Morgan fingerprint density at radius 3 is 2.72 bits per heavy atom. The second-order valence-corrected chi connectivity index (χ2v) is 8.98. The number of carbonyl (C=O) groups excluding carboxylic acids is 2. The van der Waals surface area contributed by atoms with Gasteiger partial charge in [-0.15, -0.1) is 0 Å². The maximum atomic E-state index is 12.3. The Morgan fingerprint density at radius 2 is 2.00 bits per heavy atom. The molecule has 4 rings (SSSR count).